The minimum absolute atomic E-state index is 0.0648. The highest BCUT2D eigenvalue weighted by atomic mass is 19.4. The van der Waals surface area contributed by atoms with Crippen LogP contribution in [0.4, 0.5) is 27.6 Å². The summed E-state index contributed by atoms with van der Waals surface area (Å²) in [5.74, 6) is -2.32. The molecule has 0 spiro atoms. The number of aromatic nitrogens is 2. The quantitative estimate of drug-likeness (QED) is 0.357. The average molecular weight is 503 g/mol. The fraction of sp³-hybridized carbons (Fsp3) is 0.440. The molecule has 0 bridgehead atoms. The maximum Gasteiger partial charge on any atom is 0.573 e. The first-order chi connectivity index (χ1) is 17.2. The Morgan fingerprint density at radius 1 is 1.19 bits per heavy atom. The molecule has 3 atom stereocenters. The van der Waals surface area contributed by atoms with Crippen LogP contribution < -0.4 is 15.8 Å². The fourth-order valence-corrected chi connectivity index (χ4v) is 5.74. The Bertz CT molecular complexity index is 1410. The molecule has 6 nitrogen and oxygen atoms in total. The predicted molar refractivity (Wildman–Crippen MR) is 121 cm³/mol. The zero-order valence-electron chi connectivity index (χ0n) is 19.0. The molecule has 3 fully saturated rings. The van der Waals surface area contributed by atoms with E-state index in [0.29, 0.717) is 29.0 Å². The molecule has 188 valence electrons. The van der Waals surface area contributed by atoms with E-state index in [4.69, 9.17) is 5.73 Å². The van der Waals surface area contributed by atoms with E-state index in [1.54, 1.807) is 0 Å². The lowest BCUT2D eigenvalue weighted by atomic mass is 10.00. The molecule has 11 heteroatoms. The molecule has 2 saturated carbocycles. The molecular weight excluding hydrogens is 481 g/mol. The van der Waals surface area contributed by atoms with E-state index in [9.17, 15) is 22.8 Å². The van der Waals surface area contributed by atoms with Crippen molar-refractivity contribution in [1.82, 2.24) is 14.9 Å². The molecule has 3 aromatic rings. The lowest BCUT2D eigenvalue weighted by Gasteiger charge is -2.17. The summed E-state index contributed by atoms with van der Waals surface area (Å²) in [6, 6.07) is 3.83. The fourth-order valence-electron chi connectivity index (χ4n) is 5.74. The molecule has 0 radical (unpaired) electrons. The highest BCUT2D eigenvalue weighted by Gasteiger charge is 2.55. The van der Waals surface area contributed by atoms with Crippen LogP contribution in [0.15, 0.2) is 18.3 Å². The predicted octanol–water partition coefficient (Wildman–Crippen LogP) is 5.19. The normalized spacial score (nSPS) is 23.1. The highest BCUT2D eigenvalue weighted by Crippen LogP contribution is 2.59. The number of aryl methyl sites for hydroxylation is 1. The Balaban J connectivity index is 1.61. The number of ether oxygens (including phenoxy) is 1. The number of nitrogens with zero attached hydrogens (tertiary/aromatic N) is 3. The number of nitrogen functional groups attached to an aromatic ring is 1. The molecule has 36 heavy (non-hydrogen) atoms. The van der Waals surface area contributed by atoms with E-state index >= 15 is 4.39 Å². The third-order valence-corrected chi connectivity index (χ3v) is 7.42. The van der Waals surface area contributed by atoms with Gasteiger partial charge in [0.05, 0.1) is 22.8 Å². The third-order valence-electron chi connectivity index (χ3n) is 7.42. The van der Waals surface area contributed by atoms with Crippen LogP contribution in [-0.4, -0.2) is 29.0 Å². The van der Waals surface area contributed by atoms with E-state index in [0.717, 1.165) is 37.6 Å². The van der Waals surface area contributed by atoms with Gasteiger partial charge in [0.2, 0.25) is 0 Å². The summed E-state index contributed by atoms with van der Waals surface area (Å²) in [4.78, 5) is 4.41. The van der Waals surface area contributed by atoms with Gasteiger partial charge in [0.25, 0.3) is 0 Å². The van der Waals surface area contributed by atoms with E-state index in [1.807, 2.05) is 10.8 Å². The second-order valence-corrected chi connectivity index (χ2v) is 9.76. The van der Waals surface area contributed by atoms with Crippen LogP contribution in [0.25, 0.3) is 22.2 Å². The number of alkyl halides is 3. The molecule has 2 aliphatic carbocycles. The summed E-state index contributed by atoms with van der Waals surface area (Å²) in [5, 5.41) is 13.2. The monoisotopic (exact) mass is 503 g/mol. The standard InChI is InChI=1S/C25H22F5N5O/c26-17-7-11(32)6-13(24(17)36-25(28,29)30)22-21(27)23-20(18(34-22)2-1-5-31)16(10-35(23)12-3-4-12)19-14-8-33-9-15(14)19/h6-7,10,12,14-15,19,33H,1-4,8-9,32H2/t14-,15+,19?. The van der Waals surface area contributed by atoms with Gasteiger partial charge in [-0.05, 0) is 55.3 Å². The van der Waals surface area contributed by atoms with Crippen LogP contribution in [0.2, 0.25) is 0 Å². The summed E-state index contributed by atoms with van der Waals surface area (Å²) in [7, 11) is 0. The molecule has 1 aromatic carbocycles. The number of nitrogens with two attached hydrogens (primary N) is 1. The van der Waals surface area contributed by atoms with Crippen LogP contribution in [0.5, 0.6) is 5.75 Å². The van der Waals surface area contributed by atoms with E-state index in [1.165, 1.54) is 0 Å². The number of hydrogen-bond donors (Lipinski definition) is 2. The van der Waals surface area contributed by atoms with Crippen LogP contribution in [0.3, 0.4) is 0 Å². The lowest BCUT2D eigenvalue weighted by molar-refractivity contribution is -0.275. The van der Waals surface area contributed by atoms with Gasteiger partial charge in [-0.3, -0.25) is 0 Å². The Kier molecular flexibility index (Phi) is 5.16. The lowest BCUT2D eigenvalue weighted by Crippen LogP contribution is -2.19. The highest BCUT2D eigenvalue weighted by molar-refractivity contribution is 5.92. The van der Waals surface area contributed by atoms with Gasteiger partial charge in [-0.25, -0.2) is 13.8 Å². The van der Waals surface area contributed by atoms with Gasteiger partial charge in [0, 0.05) is 42.2 Å². The van der Waals surface area contributed by atoms with Crippen molar-refractivity contribution in [2.24, 2.45) is 11.8 Å². The number of rotatable bonds is 6. The summed E-state index contributed by atoms with van der Waals surface area (Å²) < 4.78 is 76.1. The van der Waals surface area contributed by atoms with Crippen molar-refractivity contribution in [2.45, 2.75) is 44.0 Å². The molecule has 6 rings (SSSR count). The Morgan fingerprint density at radius 2 is 1.92 bits per heavy atom. The van der Waals surface area contributed by atoms with Crippen LogP contribution >= 0.6 is 0 Å². The molecule has 1 aliphatic heterocycles. The van der Waals surface area contributed by atoms with Crippen molar-refractivity contribution in [1.29, 1.82) is 5.26 Å². The summed E-state index contributed by atoms with van der Waals surface area (Å²) in [6.45, 7) is 1.74. The van der Waals surface area contributed by atoms with Crippen LogP contribution in [-0.2, 0) is 6.42 Å². The average Bonchev–Trinajstić information content (AvgIpc) is 3.68. The van der Waals surface area contributed by atoms with Crippen molar-refractivity contribution in [3.63, 3.8) is 0 Å². The van der Waals surface area contributed by atoms with Crippen molar-refractivity contribution in [3.8, 4) is 23.1 Å². The number of nitriles is 1. The van der Waals surface area contributed by atoms with Crippen LogP contribution in [0, 0.1) is 34.8 Å². The second-order valence-electron chi connectivity index (χ2n) is 9.76. The SMILES string of the molecule is N#CCCc1nc(-c2cc(N)cc(F)c2OC(F)(F)F)c(F)c2c1c(C1[C@H]3CNC[C@@H]13)cn2C1CC1. The molecule has 3 N–H and O–H groups in total. The molecule has 1 saturated heterocycles. The van der Waals surface area contributed by atoms with Gasteiger partial charge >= 0.3 is 6.36 Å². The first kappa shape index (κ1) is 23.0. The number of halogens is 5. The molecule has 0 amide bonds. The number of hydrogen-bond acceptors (Lipinski definition) is 5. The molecular formula is C25H22F5N5O. The third kappa shape index (κ3) is 3.75. The number of piperidine rings is 1. The largest absolute Gasteiger partial charge is 0.573 e. The topological polar surface area (TPSA) is 88.9 Å². The number of nitrogens with one attached hydrogen (secondary N) is 1. The van der Waals surface area contributed by atoms with Crippen molar-refractivity contribution in [3.05, 3.63) is 41.2 Å². The summed E-state index contributed by atoms with van der Waals surface area (Å²) >= 11 is 0. The van der Waals surface area contributed by atoms with E-state index < -0.39 is 35.0 Å². The first-order valence-electron chi connectivity index (χ1n) is 11.8. The number of pyridine rings is 1. The Labute approximate surface area is 202 Å². The molecule has 3 aliphatic rings. The maximum absolute atomic E-state index is 16.3. The summed E-state index contributed by atoms with van der Waals surface area (Å²) in [5.41, 5.74) is 6.10. The van der Waals surface area contributed by atoms with E-state index in [2.05, 4.69) is 21.1 Å². The van der Waals surface area contributed by atoms with Gasteiger partial charge in [-0.15, -0.1) is 13.2 Å². The molecule has 1 unspecified atom stereocenters. The van der Waals surface area contributed by atoms with Gasteiger partial charge in [-0.1, -0.05) is 0 Å². The smallest absolute Gasteiger partial charge is 0.402 e. The van der Waals surface area contributed by atoms with Crippen LogP contribution in [0.1, 0.15) is 42.5 Å². The van der Waals surface area contributed by atoms with Gasteiger partial charge in [0.1, 0.15) is 5.69 Å². The maximum atomic E-state index is 16.3. The minimum Gasteiger partial charge on any atom is -0.402 e. The summed E-state index contributed by atoms with van der Waals surface area (Å²) in [6.07, 6.45) is -1.32. The molecule has 3 heterocycles. The Morgan fingerprint density at radius 3 is 2.56 bits per heavy atom. The van der Waals surface area contributed by atoms with Crippen molar-refractivity contribution < 1.29 is 26.7 Å². The Hall–Kier alpha value is -3.39. The van der Waals surface area contributed by atoms with Gasteiger partial charge in [0.15, 0.2) is 17.4 Å². The second kappa shape index (κ2) is 8.06. The van der Waals surface area contributed by atoms with E-state index in [-0.39, 0.29) is 36.0 Å². The number of benzene rings is 1. The minimum atomic E-state index is -5.21. The zero-order chi connectivity index (χ0) is 25.4. The van der Waals surface area contributed by atoms with Crippen molar-refractivity contribution in [2.75, 3.05) is 18.8 Å². The van der Waals surface area contributed by atoms with Crippen molar-refractivity contribution >= 4 is 16.6 Å². The van der Waals surface area contributed by atoms with Gasteiger partial charge in [-0.2, -0.15) is 5.26 Å². The van der Waals surface area contributed by atoms with Gasteiger partial charge < -0.3 is 20.4 Å². The first-order valence-corrected chi connectivity index (χ1v) is 11.8. The zero-order valence-corrected chi connectivity index (χ0v) is 19.0. The molecule has 2 aromatic heterocycles. The number of fused-ring (bicyclic) bond motifs is 2. The number of anilines is 1.